The topological polar surface area (TPSA) is 159 Å². The Morgan fingerprint density at radius 2 is 1.76 bits per heavy atom. The summed E-state index contributed by atoms with van der Waals surface area (Å²) in [6.45, 7) is -0.567. The predicted octanol–water partition coefficient (Wildman–Crippen LogP) is -2.21. The van der Waals surface area contributed by atoms with Gasteiger partial charge in [-0.2, -0.15) is 12.6 Å². The first kappa shape index (κ1) is 22.4. The largest absolute Gasteiger partial charge is 0.480 e. The summed E-state index contributed by atoms with van der Waals surface area (Å²) in [5.41, 5.74) is 5.23. The Morgan fingerprint density at radius 3 is 2.19 bits per heavy atom. The quantitative estimate of drug-likeness (QED) is 0.182. The number of carbonyl (C=O) groups excluding carboxylic acids is 2. The van der Waals surface area contributed by atoms with E-state index in [0.717, 1.165) is 0 Å². The van der Waals surface area contributed by atoms with E-state index >= 15 is 0 Å². The normalized spacial score (nSPS) is 12.5. The smallest absolute Gasteiger partial charge is 0.322 e. The zero-order valence-corrected chi connectivity index (χ0v) is 16.2. The predicted molar refractivity (Wildman–Crippen MR) is 71.3 cm³/mol. The van der Waals surface area contributed by atoms with Crippen molar-refractivity contribution in [1.82, 2.24) is 10.6 Å². The van der Waals surface area contributed by atoms with Crippen LogP contribution in [-0.4, -0.2) is 58.3 Å². The second-order valence-corrected chi connectivity index (χ2v) is 4.26. The first-order valence-corrected chi connectivity index (χ1v) is 6.29. The maximum absolute atomic E-state index is 11.5. The molecule has 0 bridgehead atoms. The van der Waals surface area contributed by atoms with Gasteiger partial charge in [0, 0.05) is 39.5 Å². The van der Waals surface area contributed by atoms with Crippen LogP contribution < -0.4 is 16.4 Å². The number of rotatable bonds is 9. The van der Waals surface area contributed by atoms with Gasteiger partial charge in [0.25, 0.3) is 0 Å². The van der Waals surface area contributed by atoms with Crippen molar-refractivity contribution in [2.75, 3.05) is 12.3 Å². The number of amides is 2. The number of carbonyl (C=O) groups is 4. The molecule has 0 aliphatic rings. The molecule has 6 N–H and O–H groups in total. The van der Waals surface area contributed by atoms with Gasteiger partial charge < -0.3 is 26.6 Å². The Labute approximate surface area is 146 Å². The molecule has 116 valence electrons. The molecule has 0 aromatic heterocycles. The number of carboxylic acid groups (broad SMARTS) is 2. The number of thiol groups is 1. The van der Waals surface area contributed by atoms with E-state index in [0.29, 0.717) is 0 Å². The summed E-state index contributed by atoms with van der Waals surface area (Å²) < 4.78 is 0. The zero-order valence-electron chi connectivity index (χ0n) is 11.2. The molecule has 0 radical (unpaired) electrons. The van der Waals surface area contributed by atoms with Gasteiger partial charge in [-0.3, -0.25) is 19.2 Å². The van der Waals surface area contributed by atoms with Crippen molar-refractivity contribution in [3.8, 4) is 0 Å². The summed E-state index contributed by atoms with van der Waals surface area (Å²) >= 11 is 3.87. The van der Waals surface area contributed by atoms with Crippen LogP contribution in [0.4, 0.5) is 0 Å². The van der Waals surface area contributed by atoms with Crippen LogP contribution in [0.1, 0.15) is 12.8 Å². The van der Waals surface area contributed by atoms with Crippen molar-refractivity contribution in [2.24, 2.45) is 5.73 Å². The molecule has 0 saturated carbocycles. The Kier molecular flexibility index (Phi) is 12.5. The number of nitrogens with two attached hydrogens (primary N) is 1. The fraction of sp³-hybridized carbons (Fsp3) is 0.600. The van der Waals surface area contributed by atoms with Crippen LogP contribution in [-0.2, 0) is 46.5 Å². The molecule has 2 amide bonds. The molecule has 0 aromatic rings. The average molecular weight is 420 g/mol. The standard InChI is InChI=1S/C10H17N3O6S.Cd/c11-5(10(18)19)1-2-7(14)13-6(4-20)9(17)12-3-8(15)16;/h5-6,20H,1-4,11H2,(H,12,17)(H,13,14)(H,15,16)(H,18,19);/t5-,6-;/m0./s1. The molecule has 0 aromatic carbocycles. The molecule has 11 heteroatoms. The third-order valence-corrected chi connectivity index (χ3v) is 2.61. The van der Waals surface area contributed by atoms with E-state index in [-0.39, 0.29) is 45.9 Å². The molecule has 0 heterocycles. The van der Waals surface area contributed by atoms with E-state index in [1.54, 1.807) is 0 Å². The monoisotopic (exact) mass is 421 g/mol. The third kappa shape index (κ3) is 10.5. The van der Waals surface area contributed by atoms with E-state index in [4.69, 9.17) is 15.9 Å². The van der Waals surface area contributed by atoms with Crippen molar-refractivity contribution in [3.05, 3.63) is 0 Å². The van der Waals surface area contributed by atoms with E-state index in [1.165, 1.54) is 0 Å². The van der Waals surface area contributed by atoms with Crippen molar-refractivity contribution in [2.45, 2.75) is 24.9 Å². The summed E-state index contributed by atoms with van der Waals surface area (Å²) in [7, 11) is 0. The molecule has 0 unspecified atom stereocenters. The molecule has 0 fully saturated rings. The molecule has 2 atom stereocenters. The van der Waals surface area contributed by atoms with E-state index in [1.807, 2.05) is 0 Å². The molecular formula is C10H17CdN3O6S. The van der Waals surface area contributed by atoms with Gasteiger partial charge in [-0.25, -0.2) is 0 Å². The van der Waals surface area contributed by atoms with Crippen molar-refractivity contribution >= 4 is 36.4 Å². The minimum absolute atomic E-state index is 0. The van der Waals surface area contributed by atoms with Gasteiger partial charge in [0.1, 0.15) is 18.6 Å². The fourth-order valence-electron chi connectivity index (χ4n) is 1.16. The Hall–Kier alpha value is -0.888. The van der Waals surface area contributed by atoms with Gasteiger partial charge in [0.15, 0.2) is 0 Å². The Morgan fingerprint density at radius 1 is 1.19 bits per heavy atom. The number of nitrogens with one attached hydrogen (secondary N) is 2. The second kappa shape index (κ2) is 11.7. The number of hydrogen-bond acceptors (Lipinski definition) is 6. The molecule has 0 rings (SSSR count). The van der Waals surface area contributed by atoms with Gasteiger partial charge in [0.05, 0.1) is 0 Å². The number of aliphatic carboxylic acids is 2. The van der Waals surface area contributed by atoms with Gasteiger partial charge in [-0.05, 0) is 6.42 Å². The summed E-state index contributed by atoms with van der Waals surface area (Å²) in [5, 5.41) is 21.4. The molecule has 0 aliphatic heterocycles. The molecule has 0 saturated heterocycles. The maximum atomic E-state index is 11.5. The number of hydrogen-bond donors (Lipinski definition) is 6. The van der Waals surface area contributed by atoms with E-state index < -0.39 is 42.4 Å². The van der Waals surface area contributed by atoms with Gasteiger partial charge >= 0.3 is 11.9 Å². The average Bonchev–Trinajstić information content (AvgIpc) is 2.38. The molecule has 9 nitrogen and oxygen atoms in total. The van der Waals surface area contributed by atoms with Crippen LogP contribution in [0.25, 0.3) is 0 Å². The zero-order chi connectivity index (χ0) is 15.7. The molecular weight excluding hydrogens is 403 g/mol. The SMILES string of the molecule is N[C@@H](CCC(=O)N[C@@H](CS)C(=O)NCC(=O)O)C(=O)O.[Cd]. The van der Waals surface area contributed by atoms with Crippen LogP contribution in [0.15, 0.2) is 0 Å². The van der Waals surface area contributed by atoms with Crippen LogP contribution in [0.5, 0.6) is 0 Å². The van der Waals surface area contributed by atoms with Gasteiger partial charge in [-0.1, -0.05) is 0 Å². The summed E-state index contributed by atoms with van der Waals surface area (Å²) in [4.78, 5) is 43.7. The summed E-state index contributed by atoms with van der Waals surface area (Å²) in [5.74, 6) is -3.70. The van der Waals surface area contributed by atoms with Crippen LogP contribution in [0.3, 0.4) is 0 Å². The first-order valence-electron chi connectivity index (χ1n) is 5.66. The Bertz CT molecular complexity index is 395. The first-order chi connectivity index (χ1) is 9.27. The van der Waals surface area contributed by atoms with Crippen LogP contribution in [0, 0.1) is 0 Å². The van der Waals surface area contributed by atoms with Crippen molar-refractivity contribution in [3.63, 3.8) is 0 Å². The van der Waals surface area contributed by atoms with Crippen molar-refractivity contribution in [1.29, 1.82) is 0 Å². The molecule has 21 heavy (non-hydrogen) atoms. The summed E-state index contributed by atoms with van der Waals surface area (Å²) in [6, 6.07) is -2.15. The number of carboxylic acids is 2. The fourth-order valence-corrected chi connectivity index (χ4v) is 1.41. The summed E-state index contributed by atoms with van der Waals surface area (Å²) in [6.07, 6.45) is -0.235. The Balaban J connectivity index is 0. The minimum Gasteiger partial charge on any atom is -0.480 e. The third-order valence-electron chi connectivity index (χ3n) is 2.25. The van der Waals surface area contributed by atoms with Crippen molar-refractivity contribution < 1.29 is 56.7 Å². The van der Waals surface area contributed by atoms with E-state index in [9.17, 15) is 19.2 Å². The second-order valence-electron chi connectivity index (χ2n) is 3.90. The van der Waals surface area contributed by atoms with Crippen LogP contribution in [0.2, 0.25) is 0 Å². The van der Waals surface area contributed by atoms with Gasteiger partial charge in [-0.15, -0.1) is 0 Å². The van der Waals surface area contributed by atoms with E-state index in [2.05, 4.69) is 23.3 Å². The maximum Gasteiger partial charge on any atom is 0.322 e. The molecule has 0 spiro atoms. The van der Waals surface area contributed by atoms with Crippen LogP contribution >= 0.6 is 12.6 Å². The van der Waals surface area contributed by atoms with Gasteiger partial charge in [0.2, 0.25) is 11.8 Å². The minimum atomic E-state index is -1.22. The molecule has 0 aliphatic carbocycles.